The molecule has 0 aromatic rings. The lowest BCUT2D eigenvalue weighted by Gasteiger charge is -2.10. The molecule has 15 heavy (non-hydrogen) atoms. The van der Waals surface area contributed by atoms with Crippen LogP contribution in [0.3, 0.4) is 0 Å². The second kappa shape index (κ2) is 6.95. The van der Waals surface area contributed by atoms with Crippen molar-refractivity contribution in [2.24, 2.45) is 16.1 Å². The molecule has 0 bridgehead atoms. The summed E-state index contributed by atoms with van der Waals surface area (Å²) in [6.07, 6.45) is 2.22. The molecule has 2 unspecified atom stereocenters. The Hall–Kier alpha value is -1.42. The van der Waals surface area contributed by atoms with Crippen LogP contribution >= 0.6 is 0 Å². The molecule has 0 aliphatic rings. The van der Waals surface area contributed by atoms with Gasteiger partial charge in [0.15, 0.2) is 5.54 Å². The van der Waals surface area contributed by atoms with Crippen LogP contribution in [0.5, 0.6) is 0 Å². The predicted molar refractivity (Wildman–Crippen MR) is 58.0 cm³/mol. The van der Waals surface area contributed by atoms with Crippen molar-refractivity contribution in [1.82, 2.24) is 0 Å². The normalized spacial score (nSPS) is 16.6. The second-order valence-electron chi connectivity index (χ2n) is 3.73. The van der Waals surface area contributed by atoms with Crippen molar-refractivity contribution in [2.75, 3.05) is 6.54 Å². The molecule has 0 saturated carbocycles. The van der Waals surface area contributed by atoms with E-state index in [-0.39, 0.29) is 5.92 Å². The summed E-state index contributed by atoms with van der Waals surface area (Å²) in [7, 11) is 0. The molecule has 4 nitrogen and oxygen atoms in total. The molecule has 0 rings (SSSR count). The molecule has 82 valence electrons. The lowest BCUT2D eigenvalue weighted by molar-refractivity contribution is 0.521. The van der Waals surface area contributed by atoms with Gasteiger partial charge >= 0.3 is 0 Å². The molecule has 0 spiro atoms. The van der Waals surface area contributed by atoms with Crippen LogP contribution in [-0.2, 0) is 0 Å². The van der Waals surface area contributed by atoms with E-state index in [0.717, 1.165) is 12.8 Å². The molecule has 2 atom stereocenters. The van der Waals surface area contributed by atoms with E-state index in [9.17, 15) is 0 Å². The van der Waals surface area contributed by atoms with Crippen molar-refractivity contribution >= 4 is 0 Å². The fraction of sp³-hybridized carbons (Fsp3) is 0.818. The lowest BCUT2D eigenvalue weighted by atomic mass is 10.0. The van der Waals surface area contributed by atoms with Crippen molar-refractivity contribution < 1.29 is 0 Å². The highest BCUT2D eigenvalue weighted by molar-refractivity contribution is 5.01. The minimum atomic E-state index is -0.700. The largest absolute Gasteiger partial charge is 0.198 e. The number of hydrogen-bond acceptors (Lipinski definition) is 4. The minimum absolute atomic E-state index is 0.0546. The van der Waals surface area contributed by atoms with Crippen molar-refractivity contribution in [3.8, 4) is 12.1 Å². The zero-order chi connectivity index (χ0) is 11.7. The first-order chi connectivity index (χ1) is 7.11. The zero-order valence-electron chi connectivity index (χ0n) is 9.69. The average Bonchev–Trinajstić information content (AvgIpc) is 2.29. The summed E-state index contributed by atoms with van der Waals surface area (Å²) in [5, 5.41) is 25.5. The maximum Gasteiger partial charge on any atom is 0.164 e. The van der Waals surface area contributed by atoms with Crippen molar-refractivity contribution in [3.63, 3.8) is 0 Å². The van der Waals surface area contributed by atoms with Gasteiger partial charge in [-0.2, -0.15) is 20.8 Å². The number of nitrogens with zero attached hydrogens (tertiary/aromatic N) is 4. The van der Waals surface area contributed by atoms with Crippen molar-refractivity contribution in [1.29, 1.82) is 10.5 Å². The first kappa shape index (κ1) is 13.6. The van der Waals surface area contributed by atoms with Gasteiger partial charge in [0.2, 0.25) is 0 Å². The smallest absolute Gasteiger partial charge is 0.164 e. The van der Waals surface area contributed by atoms with Gasteiger partial charge in [-0.1, -0.05) is 13.8 Å². The van der Waals surface area contributed by atoms with E-state index in [1.54, 1.807) is 6.92 Å². The fourth-order valence-electron chi connectivity index (χ4n) is 0.952. The quantitative estimate of drug-likeness (QED) is 0.626. The van der Waals surface area contributed by atoms with Crippen LogP contribution in [0.2, 0.25) is 0 Å². The first-order valence-corrected chi connectivity index (χ1v) is 5.31. The Morgan fingerprint density at radius 3 is 2.40 bits per heavy atom. The van der Waals surface area contributed by atoms with Gasteiger partial charge in [-0.25, -0.2) is 0 Å². The van der Waals surface area contributed by atoms with Crippen LogP contribution in [0, 0.1) is 28.6 Å². The van der Waals surface area contributed by atoms with Gasteiger partial charge in [0, 0.05) is 5.92 Å². The fourth-order valence-corrected chi connectivity index (χ4v) is 0.952. The molecule has 0 aliphatic heterocycles. The third-order valence-electron chi connectivity index (χ3n) is 2.47. The van der Waals surface area contributed by atoms with Crippen LogP contribution in [0.25, 0.3) is 0 Å². The van der Waals surface area contributed by atoms with Crippen LogP contribution in [0.15, 0.2) is 10.2 Å². The van der Waals surface area contributed by atoms with E-state index in [2.05, 4.69) is 22.4 Å². The number of hydrogen-bond donors (Lipinski definition) is 0. The van der Waals surface area contributed by atoms with Gasteiger partial charge < -0.3 is 0 Å². The Balaban J connectivity index is 4.02. The van der Waals surface area contributed by atoms with Crippen LogP contribution in [0.1, 0.15) is 40.0 Å². The van der Waals surface area contributed by atoms with Gasteiger partial charge in [0.05, 0.1) is 18.7 Å². The Morgan fingerprint density at radius 2 is 2.00 bits per heavy atom. The lowest BCUT2D eigenvalue weighted by Crippen LogP contribution is -2.16. The Morgan fingerprint density at radius 1 is 1.33 bits per heavy atom. The number of azo groups is 1. The molecular formula is C11H18N4. The Labute approximate surface area is 91.6 Å². The summed E-state index contributed by atoms with van der Waals surface area (Å²) >= 11 is 0. The molecule has 0 aliphatic carbocycles. The first-order valence-electron chi connectivity index (χ1n) is 5.31. The summed E-state index contributed by atoms with van der Waals surface area (Å²) < 4.78 is 0. The Bertz CT molecular complexity index is 284. The van der Waals surface area contributed by atoms with Gasteiger partial charge in [0.1, 0.15) is 0 Å². The molecule has 0 radical (unpaired) electrons. The minimum Gasteiger partial charge on any atom is -0.198 e. The third kappa shape index (κ3) is 5.12. The highest BCUT2D eigenvalue weighted by Crippen LogP contribution is 2.14. The van der Waals surface area contributed by atoms with E-state index >= 15 is 0 Å². The van der Waals surface area contributed by atoms with Crippen LogP contribution < -0.4 is 0 Å². The number of rotatable bonds is 6. The zero-order valence-corrected chi connectivity index (χ0v) is 9.69. The molecule has 0 amide bonds. The van der Waals surface area contributed by atoms with Gasteiger partial charge in [0.25, 0.3) is 0 Å². The van der Waals surface area contributed by atoms with Crippen LogP contribution in [-0.4, -0.2) is 12.1 Å². The SMILES string of the molecule is CCC(C#N)CCN=NC(C)(C#N)CC. The molecule has 0 fully saturated rings. The van der Waals surface area contributed by atoms with E-state index in [1.165, 1.54) is 0 Å². The summed E-state index contributed by atoms with van der Waals surface area (Å²) in [5.41, 5.74) is -0.700. The summed E-state index contributed by atoms with van der Waals surface area (Å²) in [5.74, 6) is 0.0546. The average molecular weight is 206 g/mol. The summed E-state index contributed by atoms with van der Waals surface area (Å²) in [6, 6.07) is 4.33. The molecule has 4 heteroatoms. The monoisotopic (exact) mass is 206 g/mol. The van der Waals surface area contributed by atoms with Gasteiger partial charge in [-0.05, 0) is 26.2 Å². The molecule has 0 heterocycles. The standard InChI is InChI=1S/C11H18N4/c1-4-10(8-12)6-7-14-15-11(3,5-2)9-13/h10H,4-7H2,1-3H3. The maximum atomic E-state index is 8.83. The predicted octanol–water partition coefficient (Wildman–Crippen LogP) is 3.07. The van der Waals surface area contributed by atoms with E-state index in [4.69, 9.17) is 10.5 Å². The molecule has 0 aromatic heterocycles. The van der Waals surface area contributed by atoms with Gasteiger partial charge in [-0.3, -0.25) is 0 Å². The number of nitriles is 2. The molecule has 0 N–H and O–H groups in total. The van der Waals surface area contributed by atoms with Crippen LogP contribution in [0.4, 0.5) is 0 Å². The topological polar surface area (TPSA) is 72.3 Å². The second-order valence-corrected chi connectivity index (χ2v) is 3.73. The van der Waals surface area contributed by atoms with Crippen molar-refractivity contribution in [3.05, 3.63) is 0 Å². The highest BCUT2D eigenvalue weighted by Gasteiger charge is 2.19. The Kier molecular flexibility index (Phi) is 6.29. The summed E-state index contributed by atoms with van der Waals surface area (Å²) in [6.45, 7) is 6.18. The third-order valence-corrected chi connectivity index (χ3v) is 2.47. The van der Waals surface area contributed by atoms with Gasteiger partial charge in [-0.15, -0.1) is 0 Å². The summed E-state index contributed by atoms with van der Waals surface area (Å²) in [4.78, 5) is 0. The molecule has 0 aromatic carbocycles. The van der Waals surface area contributed by atoms with E-state index in [0.29, 0.717) is 13.0 Å². The molecular weight excluding hydrogens is 188 g/mol. The molecule has 0 saturated heterocycles. The maximum absolute atomic E-state index is 8.83. The van der Waals surface area contributed by atoms with E-state index < -0.39 is 5.54 Å². The highest BCUT2D eigenvalue weighted by atomic mass is 15.1. The van der Waals surface area contributed by atoms with E-state index in [1.807, 2.05) is 13.8 Å². The van der Waals surface area contributed by atoms with Crippen molar-refractivity contribution in [2.45, 2.75) is 45.6 Å².